The van der Waals surface area contributed by atoms with E-state index in [1.165, 1.54) is 82.7 Å². The highest BCUT2D eigenvalue weighted by atomic mass is 14.7. The zero-order valence-corrected chi connectivity index (χ0v) is 29.2. The van der Waals surface area contributed by atoms with Gasteiger partial charge < -0.3 is 0 Å². The average molecular weight is 622 g/mol. The molecule has 0 aliphatic heterocycles. The molecule has 1 nitrogen and oxygen atoms in total. The molecule has 6 aromatic carbocycles. The second-order valence-corrected chi connectivity index (χ2v) is 15.5. The number of aryl methyl sites for hydroxylation is 1. The first-order valence-electron chi connectivity index (χ1n) is 17.4. The third-order valence-corrected chi connectivity index (χ3v) is 10.3. The molecule has 0 radical (unpaired) electrons. The SMILES string of the molecule is CCc1cccc(-c2c3ccccc3c3c4c(cccc24)-c2c(-c4ccc(C(C)(C)C)cc4)ccc(-c4ccc(C(C)(C)C)cc4)c2-3)n1. The van der Waals surface area contributed by atoms with Crippen molar-refractivity contribution < 1.29 is 0 Å². The van der Waals surface area contributed by atoms with Gasteiger partial charge in [0.2, 0.25) is 0 Å². The van der Waals surface area contributed by atoms with Gasteiger partial charge in [-0.05, 0) is 107 Å². The Hall–Kier alpha value is -5.01. The van der Waals surface area contributed by atoms with Gasteiger partial charge in [-0.15, -0.1) is 0 Å². The zero-order chi connectivity index (χ0) is 33.4. The number of hydrogen-bond donors (Lipinski definition) is 0. The van der Waals surface area contributed by atoms with E-state index in [1.807, 2.05) is 0 Å². The Morgan fingerprint density at radius 3 is 1.52 bits per heavy atom. The Labute approximate surface area is 285 Å². The van der Waals surface area contributed by atoms with E-state index in [0.717, 1.165) is 17.8 Å². The number of hydrogen-bond acceptors (Lipinski definition) is 1. The van der Waals surface area contributed by atoms with Crippen molar-refractivity contribution in [3.63, 3.8) is 0 Å². The molecule has 8 rings (SSSR count). The summed E-state index contributed by atoms with van der Waals surface area (Å²) >= 11 is 0. The summed E-state index contributed by atoms with van der Waals surface area (Å²) in [6.45, 7) is 15.9. The molecule has 0 bridgehead atoms. The Morgan fingerprint density at radius 2 is 0.958 bits per heavy atom. The van der Waals surface area contributed by atoms with Gasteiger partial charge in [0, 0.05) is 11.3 Å². The standard InChI is InChI=1S/C47H43N/c1-8-33-13-11-18-40(48-33)41-36-14-9-10-15-37(36)45-43-38(41)16-12-17-39(43)42-34(29-19-23-31(24-20-29)46(2,3)4)27-28-35(44(42)45)30-21-25-32(26-22-30)47(5,6)7/h9-28H,8H2,1-7H3. The summed E-state index contributed by atoms with van der Waals surface area (Å²) in [5.74, 6) is 0. The fourth-order valence-corrected chi connectivity index (χ4v) is 7.71. The molecule has 0 amide bonds. The Kier molecular flexibility index (Phi) is 6.97. The Bertz CT molecular complexity index is 2360. The largest absolute Gasteiger partial charge is 0.253 e. The van der Waals surface area contributed by atoms with Gasteiger partial charge in [-0.1, -0.05) is 158 Å². The average Bonchev–Trinajstić information content (AvgIpc) is 3.44. The topological polar surface area (TPSA) is 12.9 Å². The summed E-state index contributed by atoms with van der Waals surface area (Å²) in [4.78, 5) is 5.18. The van der Waals surface area contributed by atoms with Crippen LogP contribution >= 0.6 is 0 Å². The molecule has 1 aromatic heterocycles. The molecule has 236 valence electrons. The van der Waals surface area contributed by atoms with Crippen LogP contribution in [0.5, 0.6) is 0 Å². The molecular formula is C47H43N. The molecule has 0 spiro atoms. The number of rotatable bonds is 4. The molecular weight excluding hydrogens is 579 g/mol. The van der Waals surface area contributed by atoms with E-state index in [-0.39, 0.29) is 10.8 Å². The van der Waals surface area contributed by atoms with Gasteiger partial charge in [-0.25, -0.2) is 0 Å². The first-order valence-corrected chi connectivity index (χ1v) is 17.4. The van der Waals surface area contributed by atoms with Crippen molar-refractivity contribution in [1.29, 1.82) is 0 Å². The van der Waals surface area contributed by atoms with Crippen LogP contribution < -0.4 is 0 Å². The van der Waals surface area contributed by atoms with Gasteiger partial charge in [0.15, 0.2) is 0 Å². The molecule has 0 N–H and O–H groups in total. The lowest BCUT2D eigenvalue weighted by Crippen LogP contribution is -2.10. The number of nitrogens with zero attached hydrogens (tertiary/aromatic N) is 1. The fourth-order valence-electron chi connectivity index (χ4n) is 7.71. The van der Waals surface area contributed by atoms with Gasteiger partial charge in [0.1, 0.15) is 0 Å². The summed E-state index contributed by atoms with van der Waals surface area (Å²) in [6, 6.07) is 45.6. The van der Waals surface area contributed by atoms with Crippen LogP contribution in [0.2, 0.25) is 0 Å². The smallest absolute Gasteiger partial charge is 0.0717 e. The maximum absolute atomic E-state index is 5.18. The zero-order valence-electron chi connectivity index (χ0n) is 29.2. The van der Waals surface area contributed by atoms with Crippen LogP contribution in [0.4, 0.5) is 0 Å². The van der Waals surface area contributed by atoms with E-state index in [2.05, 4.69) is 170 Å². The van der Waals surface area contributed by atoms with Crippen molar-refractivity contribution in [2.75, 3.05) is 0 Å². The van der Waals surface area contributed by atoms with Crippen LogP contribution in [0.1, 0.15) is 65.3 Å². The van der Waals surface area contributed by atoms with Crippen molar-refractivity contribution in [3.8, 4) is 55.8 Å². The molecule has 7 aromatic rings. The maximum Gasteiger partial charge on any atom is 0.0717 e. The quantitative estimate of drug-likeness (QED) is 0.178. The van der Waals surface area contributed by atoms with E-state index in [9.17, 15) is 0 Å². The normalized spacial score (nSPS) is 12.6. The van der Waals surface area contributed by atoms with Crippen molar-refractivity contribution in [2.24, 2.45) is 0 Å². The molecule has 0 saturated heterocycles. The van der Waals surface area contributed by atoms with Crippen LogP contribution in [-0.4, -0.2) is 4.98 Å². The van der Waals surface area contributed by atoms with E-state index in [4.69, 9.17) is 4.98 Å². The van der Waals surface area contributed by atoms with E-state index < -0.39 is 0 Å². The number of pyridine rings is 1. The summed E-state index contributed by atoms with van der Waals surface area (Å²) in [7, 11) is 0. The summed E-state index contributed by atoms with van der Waals surface area (Å²) in [6.07, 6.45) is 0.910. The highest BCUT2D eigenvalue weighted by molar-refractivity contribution is 6.31. The van der Waals surface area contributed by atoms with E-state index in [0.29, 0.717) is 0 Å². The van der Waals surface area contributed by atoms with Crippen LogP contribution in [0, 0.1) is 0 Å². The monoisotopic (exact) mass is 621 g/mol. The van der Waals surface area contributed by atoms with Crippen molar-refractivity contribution in [3.05, 3.63) is 138 Å². The van der Waals surface area contributed by atoms with Gasteiger partial charge in [-0.2, -0.15) is 0 Å². The van der Waals surface area contributed by atoms with Crippen LogP contribution in [0.25, 0.3) is 77.3 Å². The van der Waals surface area contributed by atoms with Crippen LogP contribution in [-0.2, 0) is 17.3 Å². The minimum absolute atomic E-state index is 0.0983. The predicted octanol–water partition coefficient (Wildman–Crippen LogP) is 13.2. The molecule has 1 heterocycles. The van der Waals surface area contributed by atoms with E-state index in [1.54, 1.807) is 0 Å². The molecule has 1 aliphatic carbocycles. The highest BCUT2D eigenvalue weighted by Gasteiger charge is 2.31. The second kappa shape index (κ2) is 11.0. The van der Waals surface area contributed by atoms with Crippen LogP contribution in [0.3, 0.4) is 0 Å². The molecule has 1 heteroatoms. The molecule has 0 saturated carbocycles. The van der Waals surface area contributed by atoms with Gasteiger partial charge in [0.25, 0.3) is 0 Å². The second-order valence-electron chi connectivity index (χ2n) is 15.5. The summed E-state index contributed by atoms with van der Waals surface area (Å²) in [5, 5.41) is 5.12. The van der Waals surface area contributed by atoms with Gasteiger partial charge in [-0.3, -0.25) is 4.98 Å². The molecule has 0 fully saturated rings. The highest BCUT2D eigenvalue weighted by Crippen LogP contribution is 2.58. The third-order valence-electron chi connectivity index (χ3n) is 10.3. The number of fused-ring (bicyclic) bond motifs is 5. The molecule has 1 aliphatic rings. The Morgan fingerprint density at radius 1 is 0.438 bits per heavy atom. The first kappa shape index (κ1) is 30.3. The van der Waals surface area contributed by atoms with Crippen molar-refractivity contribution >= 4 is 21.5 Å². The van der Waals surface area contributed by atoms with Gasteiger partial charge >= 0.3 is 0 Å². The van der Waals surface area contributed by atoms with E-state index >= 15 is 0 Å². The summed E-state index contributed by atoms with van der Waals surface area (Å²) in [5.41, 5.74) is 16.6. The van der Waals surface area contributed by atoms with Gasteiger partial charge in [0.05, 0.1) is 5.69 Å². The van der Waals surface area contributed by atoms with Crippen molar-refractivity contribution in [1.82, 2.24) is 4.98 Å². The Balaban J connectivity index is 1.48. The van der Waals surface area contributed by atoms with Crippen molar-refractivity contribution in [2.45, 2.75) is 65.7 Å². The number of benzene rings is 6. The minimum Gasteiger partial charge on any atom is -0.253 e. The number of aromatic nitrogens is 1. The predicted molar refractivity (Wildman–Crippen MR) is 207 cm³/mol. The molecule has 48 heavy (non-hydrogen) atoms. The minimum atomic E-state index is 0.0983. The first-order chi connectivity index (χ1) is 23.0. The lowest BCUT2D eigenvalue weighted by Gasteiger charge is -2.21. The molecule has 0 unspecified atom stereocenters. The maximum atomic E-state index is 5.18. The molecule has 0 atom stereocenters. The van der Waals surface area contributed by atoms with Crippen LogP contribution in [0.15, 0.2) is 121 Å². The summed E-state index contributed by atoms with van der Waals surface area (Å²) < 4.78 is 0. The lowest BCUT2D eigenvalue weighted by molar-refractivity contribution is 0.590. The third kappa shape index (κ3) is 4.79. The fraction of sp³-hybridized carbons (Fsp3) is 0.213. The lowest BCUT2D eigenvalue weighted by atomic mass is 9.83.